The van der Waals surface area contributed by atoms with Crippen LogP contribution in [0.15, 0.2) is 33.5 Å². The number of hydrogen-bond acceptors (Lipinski definition) is 5. The van der Waals surface area contributed by atoms with Crippen molar-refractivity contribution in [1.82, 2.24) is 4.90 Å². The number of benzene rings is 1. The second-order valence-electron chi connectivity index (χ2n) is 5.90. The van der Waals surface area contributed by atoms with Crippen molar-refractivity contribution in [1.29, 1.82) is 0 Å². The normalized spacial score (nSPS) is 22.9. The van der Waals surface area contributed by atoms with Crippen LogP contribution in [0.4, 0.5) is 0 Å². The Balaban J connectivity index is 1.94. The molecule has 2 atom stereocenters. The summed E-state index contributed by atoms with van der Waals surface area (Å²) in [7, 11) is 1.60. The smallest absolute Gasteiger partial charge is 0.336 e. The van der Waals surface area contributed by atoms with Crippen molar-refractivity contribution in [3.8, 4) is 5.75 Å². The molecule has 3 rings (SSSR count). The first-order valence-electron chi connectivity index (χ1n) is 7.53. The Kier molecular flexibility index (Phi) is 4.18. The van der Waals surface area contributed by atoms with Gasteiger partial charge in [-0.25, -0.2) is 4.79 Å². The Hall–Kier alpha value is -1.85. The van der Waals surface area contributed by atoms with E-state index in [1.807, 2.05) is 12.1 Å². The molecule has 0 saturated carbocycles. The molecule has 2 unspecified atom stereocenters. The molecule has 22 heavy (non-hydrogen) atoms. The van der Waals surface area contributed by atoms with Crippen LogP contribution >= 0.6 is 0 Å². The summed E-state index contributed by atoms with van der Waals surface area (Å²) in [6.45, 7) is 6.59. The Morgan fingerprint density at radius 3 is 2.64 bits per heavy atom. The van der Waals surface area contributed by atoms with E-state index in [1.54, 1.807) is 19.2 Å². The van der Waals surface area contributed by atoms with E-state index in [-0.39, 0.29) is 17.8 Å². The van der Waals surface area contributed by atoms with Gasteiger partial charge in [0.1, 0.15) is 11.3 Å². The van der Waals surface area contributed by atoms with Crippen LogP contribution in [0.25, 0.3) is 11.0 Å². The third kappa shape index (κ3) is 3.15. The molecule has 0 spiro atoms. The van der Waals surface area contributed by atoms with Crippen molar-refractivity contribution in [2.75, 3.05) is 20.2 Å². The van der Waals surface area contributed by atoms with Crippen LogP contribution in [0.1, 0.15) is 19.4 Å². The van der Waals surface area contributed by atoms with Gasteiger partial charge in [0.05, 0.1) is 19.3 Å². The van der Waals surface area contributed by atoms with E-state index in [0.717, 1.165) is 24.0 Å². The van der Waals surface area contributed by atoms with E-state index in [0.29, 0.717) is 17.9 Å². The van der Waals surface area contributed by atoms with Gasteiger partial charge in [-0.2, -0.15) is 0 Å². The summed E-state index contributed by atoms with van der Waals surface area (Å²) < 4.78 is 16.2. The molecule has 0 radical (unpaired) electrons. The number of ether oxygens (including phenoxy) is 2. The van der Waals surface area contributed by atoms with E-state index < -0.39 is 0 Å². The molecule has 1 saturated heterocycles. The van der Waals surface area contributed by atoms with Gasteiger partial charge in [0.15, 0.2) is 0 Å². The van der Waals surface area contributed by atoms with Crippen molar-refractivity contribution in [2.45, 2.75) is 32.6 Å². The van der Waals surface area contributed by atoms with Crippen LogP contribution in [-0.4, -0.2) is 37.3 Å². The fourth-order valence-electron chi connectivity index (χ4n) is 3.12. The predicted octanol–water partition coefficient (Wildman–Crippen LogP) is 2.41. The molecule has 1 fully saturated rings. The number of rotatable bonds is 3. The van der Waals surface area contributed by atoms with Gasteiger partial charge in [0.2, 0.25) is 0 Å². The van der Waals surface area contributed by atoms with E-state index in [9.17, 15) is 4.79 Å². The van der Waals surface area contributed by atoms with E-state index in [2.05, 4.69) is 18.7 Å². The summed E-state index contributed by atoms with van der Waals surface area (Å²) in [5, 5.41) is 0.951. The maximum Gasteiger partial charge on any atom is 0.336 e. The monoisotopic (exact) mass is 303 g/mol. The molecule has 1 aliphatic rings. The van der Waals surface area contributed by atoms with Crippen molar-refractivity contribution < 1.29 is 13.9 Å². The highest BCUT2D eigenvalue weighted by Crippen LogP contribution is 2.24. The molecule has 2 aromatic rings. The number of hydrogen-bond donors (Lipinski definition) is 0. The first-order valence-corrected chi connectivity index (χ1v) is 7.53. The SMILES string of the molecule is COc1ccc2c(CN3CC(C)OC(C)C3)cc(=O)oc2c1. The lowest BCUT2D eigenvalue weighted by atomic mass is 10.1. The summed E-state index contributed by atoms with van der Waals surface area (Å²) in [4.78, 5) is 14.1. The summed E-state index contributed by atoms with van der Waals surface area (Å²) in [5.41, 5.74) is 1.22. The average molecular weight is 303 g/mol. The van der Waals surface area contributed by atoms with Crippen molar-refractivity contribution >= 4 is 11.0 Å². The fraction of sp³-hybridized carbons (Fsp3) is 0.471. The zero-order valence-electron chi connectivity index (χ0n) is 13.2. The Morgan fingerprint density at radius 2 is 1.95 bits per heavy atom. The van der Waals surface area contributed by atoms with Gasteiger partial charge in [-0.05, 0) is 31.5 Å². The lowest BCUT2D eigenvalue weighted by molar-refractivity contribution is -0.0704. The van der Waals surface area contributed by atoms with Crippen LogP contribution in [0.2, 0.25) is 0 Å². The molecule has 5 nitrogen and oxygen atoms in total. The minimum atomic E-state index is -0.329. The third-order valence-electron chi connectivity index (χ3n) is 3.93. The molecule has 0 aliphatic carbocycles. The van der Waals surface area contributed by atoms with E-state index in [1.165, 1.54) is 0 Å². The molecule has 5 heteroatoms. The lowest BCUT2D eigenvalue weighted by Crippen LogP contribution is -2.44. The second kappa shape index (κ2) is 6.10. The third-order valence-corrected chi connectivity index (χ3v) is 3.93. The Labute approximate surface area is 129 Å². The first kappa shape index (κ1) is 15.1. The molecule has 118 valence electrons. The topological polar surface area (TPSA) is 51.9 Å². The van der Waals surface area contributed by atoms with Gasteiger partial charge in [-0.15, -0.1) is 0 Å². The summed E-state index contributed by atoms with van der Waals surface area (Å²) in [5.74, 6) is 0.682. The van der Waals surface area contributed by atoms with Gasteiger partial charge in [-0.1, -0.05) is 0 Å². The maximum absolute atomic E-state index is 11.8. The number of fused-ring (bicyclic) bond motifs is 1. The van der Waals surface area contributed by atoms with Crippen molar-refractivity contribution in [3.63, 3.8) is 0 Å². The largest absolute Gasteiger partial charge is 0.497 e. The van der Waals surface area contributed by atoms with Crippen LogP contribution in [0.5, 0.6) is 5.75 Å². The van der Waals surface area contributed by atoms with E-state index >= 15 is 0 Å². The zero-order chi connectivity index (χ0) is 15.7. The van der Waals surface area contributed by atoms with Gasteiger partial charge >= 0.3 is 5.63 Å². The van der Waals surface area contributed by atoms with Crippen LogP contribution < -0.4 is 10.4 Å². The second-order valence-corrected chi connectivity index (χ2v) is 5.90. The van der Waals surface area contributed by atoms with Crippen molar-refractivity contribution in [2.24, 2.45) is 0 Å². The molecule has 1 aromatic heterocycles. The molecule has 1 aliphatic heterocycles. The van der Waals surface area contributed by atoms with Gasteiger partial charge in [0, 0.05) is 37.2 Å². The number of morpholine rings is 1. The Bertz CT molecular complexity index is 714. The predicted molar refractivity (Wildman–Crippen MR) is 84.3 cm³/mol. The van der Waals surface area contributed by atoms with Crippen molar-refractivity contribution in [3.05, 3.63) is 40.2 Å². The fourth-order valence-corrected chi connectivity index (χ4v) is 3.12. The van der Waals surface area contributed by atoms with Crippen LogP contribution in [-0.2, 0) is 11.3 Å². The highest BCUT2D eigenvalue weighted by Gasteiger charge is 2.23. The molecular weight excluding hydrogens is 282 g/mol. The van der Waals surface area contributed by atoms with Crippen LogP contribution in [0, 0.1) is 0 Å². The Morgan fingerprint density at radius 1 is 1.23 bits per heavy atom. The average Bonchev–Trinajstić information content (AvgIpc) is 2.45. The highest BCUT2D eigenvalue weighted by atomic mass is 16.5. The lowest BCUT2D eigenvalue weighted by Gasteiger charge is -2.35. The summed E-state index contributed by atoms with van der Waals surface area (Å²) in [6, 6.07) is 7.17. The molecule has 1 aromatic carbocycles. The molecule has 0 amide bonds. The summed E-state index contributed by atoms with van der Waals surface area (Å²) in [6.07, 6.45) is 0.408. The molecule has 0 bridgehead atoms. The van der Waals surface area contributed by atoms with E-state index in [4.69, 9.17) is 13.9 Å². The summed E-state index contributed by atoms with van der Waals surface area (Å²) >= 11 is 0. The minimum Gasteiger partial charge on any atom is -0.497 e. The molecule has 0 N–H and O–H groups in total. The van der Waals surface area contributed by atoms with Gasteiger partial charge in [0.25, 0.3) is 0 Å². The van der Waals surface area contributed by atoms with Gasteiger partial charge < -0.3 is 13.9 Å². The zero-order valence-corrected chi connectivity index (χ0v) is 13.2. The number of methoxy groups -OCH3 is 1. The van der Waals surface area contributed by atoms with Crippen LogP contribution in [0.3, 0.4) is 0 Å². The maximum atomic E-state index is 11.8. The standard InChI is InChI=1S/C17H21NO4/c1-11-8-18(9-12(2)21-11)10-13-6-17(19)22-16-7-14(20-3)4-5-15(13)16/h4-7,11-12H,8-10H2,1-3H3. The van der Waals surface area contributed by atoms with Gasteiger partial charge in [-0.3, -0.25) is 4.90 Å². The minimum absolute atomic E-state index is 0.204. The highest BCUT2D eigenvalue weighted by molar-refractivity contribution is 5.81. The first-order chi connectivity index (χ1) is 10.5. The number of nitrogens with zero attached hydrogens (tertiary/aromatic N) is 1. The quantitative estimate of drug-likeness (QED) is 0.815. The molecule has 2 heterocycles. The molecular formula is C17H21NO4.